The van der Waals surface area contributed by atoms with Gasteiger partial charge in [-0.3, -0.25) is 9.59 Å². The lowest BCUT2D eigenvalue weighted by Gasteiger charge is -2.31. The minimum atomic E-state index is -0.526. The van der Waals surface area contributed by atoms with Crippen LogP contribution in [0.5, 0.6) is 5.75 Å². The molecule has 5 nitrogen and oxygen atoms in total. The zero-order valence-electron chi connectivity index (χ0n) is 18.8. The van der Waals surface area contributed by atoms with Crippen LogP contribution >= 0.6 is 11.6 Å². The van der Waals surface area contributed by atoms with Crippen molar-refractivity contribution in [2.45, 2.75) is 70.5 Å². The summed E-state index contributed by atoms with van der Waals surface area (Å²) in [6, 6.07) is 16.7. The molecule has 1 saturated carbocycles. The topological polar surface area (TPSA) is 58.6 Å². The first-order valence-corrected chi connectivity index (χ1v) is 11.9. The summed E-state index contributed by atoms with van der Waals surface area (Å²) in [5, 5.41) is 3.82. The number of halogens is 1. The number of nitrogens with zero attached hydrogens (tertiary/aromatic N) is 1. The molecule has 172 valence electrons. The molecule has 0 heterocycles. The van der Waals surface area contributed by atoms with Crippen LogP contribution in [0.25, 0.3) is 0 Å². The summed E-state index contributed by atoms with van der Waals surface area (Å²) in [6.07, 6.45) is 6.48. The Morgan fingerprint density at radius 2 is 1.75 bits per heavy atom. The first-order valence-electron chi connectivity index (χ1n) is 11.5. The highest BCUT2D eigenvalue weighted by atomic mass is 35.5. The van der Waals surface area contributed by atoms with Crippen molar-refractivity contribution in [1.82, 2.24) is 10.2 Å². The molecular weight excluding hydrogens is 424 g/mol. The summed E-state index contributed by atoms with van der Waals surface area (Å²) >= 11 is 5.89. The van der Waals surface area contributed by atoms with Gasteiger partial charge in [0.25, 0.3) is 0 Å². The Kier molecular flexibility index (Phi) is 9.42. The Morgan fingerprint density at radius 3 is 2.44 bits per heavy atom. The Hall–Kier alpha value is -2.53. The van der Waals surface area contributed by atoms with Gasteiger partial charge in [-0.05, 0) is 56.0 Å². The predicted molar refractivity (Wildman–Crippen MR) is 128 cm³/mol. The van der Waals surface area contributed by atoms with Crippen molar-refractivity contribution < 1.29 is 14.3 Å². The van der Waals surface area contributed by atoms with Crippen molar-refractivity contribution in [2.24, 2.45) is 0 Å². The number of rotatable bonds is 10. The zero-order valence-corrected chi connectivity index (χ0v) is 19.5. The molecule has 2 amide bonds. The van der Waals surface area contributed by atoms with Gasteiger partial charge in [0, 0.05) is 24.0 Å². The molecule has 0 bridgehead atoms. The van der Waals surface area contributed by atoms with Gasteiger partial charge in [-0.1, -0.05) is 61.2 Å². The number of nitrogens with one attached hydrogen (secondary N) is 1. The fourth-order valence-corrected chi connectivity index (χ4v) is 4.15. The van der Waals surface area contributed by atoms with Gasteiger partial charge >= 0.3 is 0 Å². The van der Waals surface area contributed by atoms with E-state index in [0.717, 1.165) is 37.0 Å². The van der Waals surface area contributed by atoms with Crippen LogP contribution in [0, 0.1) is 0 Å². The summed E-state index contributed by atoms with van der Waals surface area (Å²) in [7, 11) is 0. The second-order valence-corrected chi connectivity index (χ2v) is 8.87. The number of ether oxygens (including phenoxy) is 1. The van der Waals surface area contributed by atoms with Gasteiger partial charge < -0.3 is 15.0 Å². The molecule has 1 atom stereocenters. The van der Waals surface area contributed by atoms with Crippen LogP contribution in [0.3, 0.4) is 0 Å². The Morgan fingerprint density at radius 1 is 1.06 bits per heavy atom. The van der Waals surface area contributed by atoms with Crippen molar-refractivity contribution >= 4 is 23.4 Å². The van der Waals surface area contributed by atoms with Gasteiger partial charge in [0.1, 0.15) is 11.8 Å². The molecule has 1 aliphatic rings. The smallest absolute Gasteiger partial charge is 0.242 e. The molecule has 3 rings (SSSR count). The second-order valence-electron chi connectivity index (χ2n) is 8.43. The number of hydrogen-bond acceptors (Lipinski definition) is 3. The number of amides is 2. The quantitative estimate of drug-likeness (QED) is 0.489. The Labute approximate surface area is 196 Å². The number of hydrogen-bond donors (Lipinski definition) is 1. The molecule has 1 unspecified atom stereocenters. The van der Waals surface area contributed by atoms with E-state index in [1.54, 1.807) is 17.0 Å². The van der Waals surface area contributed by atoms with Crippen molar-refractivity contribution in [3.8, 4) is 5.75 Å². The molecule has 0 aromatic heterocycles. The second kappa shape index (κ2) is 12.5. The fourth-order valence-electron chi connectivity index (χ4n) is 4.02. The molecule has 1 fully saturated rings. The lowest BCUT2D eigenvalue weighted by atomic mass is 9.95. The highest BCUT2D eigenvalue weighted by Crippen LogP contribution is 2.19. The average molecular weight is 457 g/mol. The first-order chi connectivity index (χ1) is 15.5. The number of carbonyl (C=O) groups excluding carboxylic acids is 2. The van der Waals surface area contributed by atoms with E-state index in [0.29, 0.717) is 31.0 Å². The van der Waals surface area contributed by atoms with Gasteiger partial charge in [-0.25, -0.2) is 0 Å². The van der Waals surface area contributed by atoms with E-state index in [2.05, 4.69) is 5.32 Å². The predicted octanol–water partition coefficient (Wildman–Crippen LogP) is 5.37. The lowest BCUT2D eigenvalue weighted by Crippen LogP contribution is -2.50. The maximum absolute atomic E-state index is 13.1. The van der Waals surface area contributed by atoms with E-state index in [4.69, 9.17) is 16.3 Å². The molecule has 1 aliphatic carbocycles. The van der Waals surface area contributed by atoms with Crippen molar-refractivity contribution in [3.05, 3.63) is 65.2 Å². The van der Waals surface area contributed by atoms with Crippen LogP contribution in [-0.4, -0.2) is 35.4 Å². The monoisotopic (exact) mass is 456 g/mol. The minimum absolute atomic E-state index is 0.0418. The zero-order chi connectivity index (χ0) is 22.8. The molecule has 2 aromatic carbocycles. The summed E-state index contributed by atoms with van der Waals surface area (Å²) in [6.45, 7) is 2.66. The SMILES string of the molecule is CC(C(=O)NC1CCCCC1)N(Cc1ccccc1)C(=O)CCCOc1ccc(Cl)cc1. The molecule has 6 heteroatoms. The summed E-state index contributed by atoms with van der Waals surface area (Å²) in [5.41, 5.74) is 1.01. The summed E-state index contributed by atoms with van der Waals surface area (Å²) < 4.78 is 5.71. The molecule has 0 saturated heterocycles. The average Bonchev–Trinajstić information content (AvgIpc) is 2.82. The maximum atomic E-state index is 13.1. The van der Waals surface area contributed by atoms with Crippen molar-refractivity contribution in [2.75, 3.05) is 6.61 Å². The van der Waals surface area contributed by atoms with Crippen LogP contribution in [-0.2, 0) is 16.1 Å². The van der Waals surface area contributed by atoms with Crippen LogP contribution < -0.4 is 10.1 Å². The standard InChI is InChI=1S/C26H33ClN2O3/c1-20(26(31)28-23-11-6-3-7-12-23)29(19-21-9-4-2-5-10-21)25(30)13-8-18-32-24-16-14-22(27)15-17-24/h2,4-5,9-10,14-17,20,23H,3,6-8,11-13,18-19H2,1H3,(H,28,31). The van der Waals surface area contributed by atoms with Crippen LogP contribution in [0.4, 0.5) is 0 Å². The van der Waals surface area contributed by atoms with E-state index in [9.17, 15) is 9.59 Å². The molecule has 2 aromatic rings. The highest BCUT2D eigenvalue weighted by Gasteiger charge is 2.27. The number of benzene rings is 2. The molecule has 0 aliphatic heterocycles. The highest BCUT2D eigenvalue weighted by molar-refractivity contribution is 6.30. The van der Waals surface area contributed by atoms with Gasteiger partial charge in [-0.2, -0.15) is 0 Å². The molecule has 0 spiro atoms. The largest absolute Gasteiger partial charge is 0.494 e. The lowest BCUT2D eigenvalue weighted by molar-refractivity contribution is -0.141. The third-order valence-electron chi connectivity index (χ3n) is 5.93. The first kappa shape index (κ1) is 24.1. The third kappa shape index (κ3) is 7.56. The van der Waals surface area contributed by atoms with E-state index in [-0.39, 0.29) is 17.9 Å². The summed E-state index contributed by atoms with van der Waals surface area (Å²) in [4.78, 5) is 27.8. The minimum Gasteiger partial charge on any atom is -0.494 e. The van der Waals surface area contributed by atoms with E-state index < -0.39 is 6.04 Å². The van der Waals surface area contributed by atoms with E-state index >= 15 is 0 Å². The molecular formula is C26H33ClN2O3. The van der Waals surface area contributed by atoms with Crippen LogP contribution in [0.15, 0.2) is 54.6 Å². The maximum Gasteiger partial charge on any atom is 0.242 e. The normalized spacial score (nSPS) is 15.1. The van der Waals surface area contributed by atoms with Crippen molar-refractivity contribution in [3.63, 3.8) is 0 Å². The molecule has 32 heavy (non-hydrogen) atoms. The van der Waals surface area contributed by atoms with E-state index in [1.165, 1.54) is 6.42 Å². The van der Waals surface area contributed by atoms with Gasteiger partial charge in [0.05, 0.1) is 6.61 Å². The Balaban J connectivity index is 1.57. The van der Waals surface area contributed by atoms with Crippen molar-refractivity contribution in [1.29, 1.82) is 0 Å². The van der Waals surface area contributed by atoms with Gasteiger partial charge in [-0.15, -0.1) is 0 Å². The fraction of sp³-hybridized carbons (Fsp3) is 0.462. The molecule has 1 N–H and O–H groups in total. The van der Waals surface area contributed by atoms with Crippen LogP contribution in [0.1, 0.15) is 57.4 Å². The van der Waals surface area contributed by atoms with Gasteiger partial charge in [0.15, 0.2) is 0 Å². The number of carbonyl (C=O) groups is 2. The third-order valence-corrected chi connectivity index (χ3v) is 6.18. The van der Waals surface area contributed by atoms with E-state index in [1.807, 2.05) is 49.4 Å². The molecule has 0 radical (unpaired) electrons. The van der Waals surface area contributed by atoms with Crippen LogP contribution in [0.2, 0.25) is 5.02 Å². The van der Waals surface area contributed by atoms with Gasteiger partial charge in [0.2, 0.25) is 11.8 Å². The Bertz CT molecular complexity index is 851. The summed E-state index contributed by atoms with van der Waals surface area (Å²) in [5.74, 6) is 0.613.